The van der Waals surface area contributed by atoms with E-state index in [1.165, 1.54) is 17.4 Å². The van der Waals surface area contributed by atoms with Crippen LogP contribution in [0.15, 0.2) is 52.9 Å². The molecule has 0 atom stereocenters. The molecule has 28 heavy (non-hydrogen) atoms. The van der Waals surface area contributed by atoms with Crippen LogP contribution in [-0.2, 0) is 16.0 Å². The van der Waals surface area contributed by atoms with Gasteiger partial charge in [0.2, 0.25) is 5.13 Å². The van der Waals surface area contributed by atoms with Gasteiger partial charge >= 0.3 is 5.97 Å². The summed E-state index contributed by atoms with van der Waals surface area (Å²) in [6, 6.07) is 12.9. The molecular weight excluding hydrogens is 377 g/mol. The van der Waals surface area contributed by atoms with Gasteiger partial charge in [-0.05, 0) is 54.3 Å². The molecule has 0 saturated carbocycles. The fraction of sp³-hybridized carbons (Fsp3) is 0.190. The average Bonchev–Trinajstić information content (AvgIpc) is 3.11. The molecule has 0 unspecified atom stereocenters. The number of carbonyl (C=O) groups excluding carboxylic acids is 1. The Hall–Kier alpha value is -3.06. The van der Waals surface area contributed by atoms with E-state index in [0.717, 1.165) is 16.7 Å². The molecule has 0 aliphatic carbocycles. The Kier molecular flexibility index (Phi) is 6.49. The van der Waals surface area contributed by atoms with E-state index in [1.807, 2.05) is 30.3 Å². The maximum atomic E-state index is 13.5. The third-order valence-corrected chi connectivity index (χ3v) is 4.73. The highest BCUT2D eigenvalue weighted by Crippen LogP contribution is 2.22. The Morgan fingerprint density at radius 1 is 1.29 bits per heavy atom. The molecular formula is C21H20FN3O2S. The molecule has 0 bridgehead atoms. The summed E-state index contributed by atoms with van der Waals surface area (Å²) >= 11 is 1.37. The molecule has 0 spiro atoms. The summed E-state index contributed by atoms with van der Waals surface area (Å²) in [5, 5.41) is 6.60. The number of nitrogens with one attached hydrogen (secondary N) is 1. The van der Waals surface area contributed by atoms with Crippen molar-refractivity contribution < 1.29 is 13.9 Å². The average molecular weight is 397 g/mol. The predicted molar refractivity (Wildman–Crippen MR) is 110 cm³/mol. The number of nitrogens with zero attached hydrogens (tertiary/aromatic N) is 2. The Labute approximate surface area is 166 Å². The summed E-state index contributed by atoms with van der Waals surface area (Å²) in [4.78, 5) is 15.8. The summed E-state index contributed by atoms with van der Waals surface area (Å²) in [5.74, 6) is -0.507. The van der Waals surface area contributed by atoms with Gasteiger partial charge in [-0.25, -0.2) is 9.37 Å². The van der Waals surface area contributed by atoms with Gasteiger partial charge in [-0.1, -0.05) is 24.3 Å². The smallest absolute Gasteiger partial charge is 0.311 e. The molecule has 3 aromatic rings. The van der Waals surface area contributed by atoms with Crippen molar-refractivity contribution in [3.05, 3.63) is 70.5 Å². The molecule has 5 nitrogen and oxygen atoms in total. The SMILES string of the molecule is CCOC(=O)Cc1csc(NN=Cc2cccc(-c3ccc(F)c(C)c3)c2)n1. The summed E-state index contributed by atoms with van der Waals surface area (Å²) in [7, 11) is 0. The number of esters is 1. The number of benzene rings is 2. The molecule has 3 rings (SSSR count). The molecule has 1 N–H and O–H groups in total. The zero-order chi connectivity index (χ0) is 19.9. The van der Waals surface area contributed by atoms with Crippen molar-refractivity contribution in [1.82, 2.24) is 4.98 Å². The predicted octanol–water partition coefficient (Wildman–Crippen LogP) is 4.81. The lowest BCUT2D eigenvalue weighted by molar-refractivity contribution is -0.142. The van der Waals surface area contributed by atoms with E-state index in [9.17, 15) is 9.18 Å². The lowest BCUT2D eigenvalue weighted by atomic mass is 10.0. The fourth-order valence-corrected chi connectivity index (χ4v) is 3.24. The normalized spacial score (nSPS) is 11.0. The van der Waals surface area contributed by atoms with Crippen molar-refractivity contribution in [3.8, 4) is 11.1 Å². The second-order valence-corrected chi connectivity index (χ2v) is 6.94. The van der Waals surface area contributed by atoms with Crippen LogP contribution in [0.25, 0.3) is 11.1 Å². The Balaban J connectivity index is 1.64. The van der Waals surface area contributed by atoms with Crippen LogP contribution in [-0.4, -0.2) is 23.8 Å². The molecule has 0 aliphatic heterocycles. The number of rotatable bonds is 7. The van der Waals surface area contributed by atoms with Crippen molar-refractivity contribution in [2.75, 3.05) is 12.0 Å². The first kappa shape index (κ1) is 19.7. The Bertz CT molecular complexity index is 1000. The number of aryl methyl sites for hydroxylation is 1. The summed E-state index contributed by atoms with van der Waals surface area (Å²) in [5.41, 5.74) is 6.96. The van der Waals surface area contributed by atoms with Crippen molar-refractivity contribution in [2.45, 2.75) is 20.3 Å². The topological polar surface area (TPSA) is 63.6 Å². The number of anilines is 1. The molecule has 7 heteroatoms. The summed E-state index contributed by atoms with van der Waals surface area (Å²) in [6.45, 7) is 3.88. The summed E-state index contributed by atoms with van der Waals surface area (Å²) in [6.07, 6.45) is 1.83. The van der Waals surface area contributed by atoms with Gasteiger partial charge in [0, 0.05) is 5.38 Å². The molecule has 1 heterocycles. The minimum atomic E-state index is -0.296. The van der Waals surface area contributed by atoms with Crippen molar-refractivity contribution in [2.24, 2.45) is 5.10 Å². The molecule has 1 aromatic heterocycles. The lowest BCUT2D eigenvalue weighted by Gasteiger charge is -2.05. The quantitative estimate of drug-likeness (QED) is 0.353. The zero-order valence-corrected chi connectivity index (χ0v) is 16.4. The number of ether oxygens (including phenoxy) is 1. The summed E-state index contributed by atoms with van der Waals surface area (Å²) < 4.78 is 18.4. The molecule has 2 aromatic carbocycles. The van der Waals surface area contributed by atoms with E-state index in [-0.39, 0.29) is 18.2 Å². The molecule has 0 amide bonds. The van der Waals surface area contributed by atoms with Gasteiger partial charge in [0.05, 0.1) is 24.9 Å². The van der Waals surface area contributed by atoms with E-state index in [4.69, 9.17) is 4.74 Å². The van der Waals surface area contributed by atoms with Gasteiger partial charge in [0.15, 0.2) is 0 Å². The molecule has 0 radical (unpaired) electrons. The van der Waals surface area contributed by atoms with Crippen LogP contribution in [0, 0.1) is 12.7 Å². The zero-order valence-electron chi connectivity index (χ0n) is 15.6. The second kappa shape index (κ2) is 9.23. The maximum Gasteiger partial charge on any atom is 0.311 e. The van der Waals surface area contributed by atoms with Gasteiger partial charge in [-0.3, -0.25) is 10.2 Å². The largest absolute Gasteiger partial charge is 0.466 e. The number of thiazole rings is 1. The van der Waals surface area contributed by atoms with Crippen LogP contribution in [0.3, 0.4) is 0 Å². The molecule has 0 saturated heterocycles. The van der Waals surface area contributed by atoms with E-state index >= 15 is 0 Å². The van der Waals surface area contributed by atoms with Crippen LogP contribution in [0.1, 0.15) is 23.7 Å². The van der Waals surface area contributed by atoms with Gasteiger partial charge in [0.1, 0.15) is 5.82 Å². The molecule has 0 aliphatic rings. The standard InChI is InChI=1S/C21H20FN3O2S/c1-3-27-20(26)11-18-13-28-21(24-18)25-23-12-15-5-4-6-16(10-15)17-7-8-19(22)14(2)9-17/h4-10,12-13H,3,11H2,1-2H3,(H,24,25). The van der Waals surface area contributed by atoms with Crippen LogP contribution in [0.2, 0.25) is 0 Å². The van der Waals surface area contributed by atoms with E-state index in [2.05, 4.69) is 15.5 Å². The molecule has 144 valence electrons. The van der Waals surface area contributed by atoms with Crippen LogP contribution < -0.4 is 5.43 Å². The van der Waals surface area contributed by atoms with Crippen LogP contribution in [0.4, 0.5) is 9.52 Å². The number of hydrazone groups is 1. The highest BCUT2D eigenvalue weighted by molar-refractivity contribution is 7.13. The number of hydrogen-bond donors (Lipinski definition) is 1. The highest BCUT2D eigenvalue weighted by Gasteiger charge is 2.08. The number of hydrogen-bond acceptors (Lipinski definition) is 6. The number of aromatic nitrogens is 1. The van der Waals surface area contributed by atoms with Crippen LogP contribution >= 0.6 is 11.3 Å². The van der Waals surface area contributed by atoms with Crippen molar-refractivity contribution in [1.29, 1.82) is 0 Å². The van der Waals surface area contributed by atoms with Gasteiger partial charge in [-0.15, -0.1) is 11.3 Å². The second-order valence-electron chi connectivity index (χ2n) is 6.09. The van der Waals surface area contributed by atoms with Crippen LogP contribution in [0.5, 0.6) is 0 Å². The monoisotopic (exact) mass is 397 g/mol. The first-order valence-electron chi connectivity index (χ1n) is 8.81. The van der Waals surface area contributed by atoms with E-state index < -0.39 is 0 Å². The minimum Gasteiger partial charge on any atom is -0.466 e. The lowest BCUT2D eigenvalue weighted by Crippen LogP contribution is -2.07. The number of halogens is 1. The van der Waals surface area contributed by atoms with E-state index in [1.54, 1.807) is 31.5 Å². The number of carbonyl (C=O) groups is 1. The first-order valence-corrected chi connectivity index (χ1v) is 9.69. The van der Waals surface area contributed by atoms with E-state index in [0.29, 0.717) is 23.0 Å². The Morgan fingerprint density at radius 3 is 2.89 bits per heavy atom. The van der Waals surface area contributed by atoms with Gasteiger partial charge < -0.3 is 4.74 Å². The maximum absolute atomic E-state index is 13.5. The van der Waals surface area contributed by atoms with Gasteiger partial charge in [-0.2, -0.15) is 5.10 Å². The third-order valence-electron chi connectivity index (χ3n) is 3.93. The Morgan fingerprint density at radius 2 is 2.11 bits per heavy atom. The highest BCUT2D eigenvalue weighted by atomic mass is 32.1. The molecule has 0 fully saturated rings. The first-order chi connectivity index (χ1) is 13.5. The third kappa shape index (κ3) is 5.23. The minimum absolute atomic E-state index is 0.148. The van der Waals surface area contributed by atoms with Gasteiger partial charge in [0.25, 0.3) is 0 Å². The fourth-order valence-electron chi connectivity index (χ4n) is 2.58. The van der Waals surface area contributed by atoms with Crippen molar-refractivity contribution in [3.63, 3.8) is 0 Å². The van der Waals surface area contributed by atoms with Crippen molar-refractivity contribution >= 4 is 28.7 Å².